The summed E-state index contributed by atoms with van der Waals surface area (Å²) in [6.45, 7) is 5.83. The van der Waals surface area contributed by atoms with Crippen molar-refractivity contribution in [2.75, 3.05) is 12.8 Å². The van der Waals surface area contributed by atoms with Gasteiger partial charge in [0.05, 0.1) is 16.5 Å². The molecule has 2 aromatic carbocycles. The third-order valence-electron chi connectivity index (χ3n) is 7.28. The topological polar surface area (TPSA) is 140 Å². The molecule has 1 saturated heterocycles. The number of ether oxygens (including phenoxy) is 1. The average molecular weight is 549 g/mol. The number of fused-ring (bicyclic) bond motifs is 2. The van der Waals surface area contributed by atoms with Crippen LogP contribution in [0.3, 0.4) is 0 Å². The van der Waals surface area contributed by atoms with Gasteiger partial charge in [-0.2, -0.15) is 10.5 Å². The molecular weight excluding hydrogens is 516 g/mol. The highest BCUT2D eigenvalue weighted by molar-refractivity contribution is 7.90. The molecule has 4 rings (SSSR count). The number of nitriles is 2. The quantitative estimate of drug-likeness (QED) is 0.576. The fraction of sp³-hybridized carbons (Fsp3) is 0.448. The molecule has 0 aromatic heterocycles. The predicted octanol–water partition coefficient (Wildman–Crippen LogP) is 3.97. The first-order chi connectivity index (χ1) is 18.3. The number of carbonyl (C=O) groups is 2. The molecule has 1 N–H and O–H groups in total. The van der Waals surface area contributed by atoms with Crippen molar-refractivity contribution in [3.63, 3.8) is 0 Å². The highest BCUT2D eigenvalue weighted by Crippen LogP contribution is 2.47. The van der Waals surface area contributed by atoms with Crippen LogP contribution in [0.15, 0.2) is 47.4 Å². The molecule has 0 radical (unpaired) electrons. The first-order valence-corrected chi connectivity index (χ1v) is 14.7. The lowest BCUT2D eigenvalue weighted by Gasteiger charge is -2.38. The Morgan fingerprint density at radius 1 is 1.15 bits per heavy atom. The van der Waals surface area contributed by atoms with Crippen LogP contribution in [0.25, 0.3) is 11.1 Å². The molecule has 10 heteroatoms. The fourth-order valence-electron chi connectivity index (χ4n) is 5.45. The van der Waals surface area contributed by atoms with Crippen LogP contribution in [-0.2, 0) is 25.8 Å². The van der Waals surface area contributed by atoms with E-state index in [0.29, 0.717) is 24.9 Å². The maximum Gasteiger partial charge on any atom is 0.411 e. The van der Waals surface area contributed by atoms with Crippen LogP contribution in [0.1, 0.15) is 51.2 Å². The molecule has 1 aliphatic heterocycles. The Balaban J connectivity index is 1.47. The van der Waals surface area contributed by atoms with Crippen molar-refractivity contribution in [3.8, 4) is 23.3 Å². The Labute approximate surface area is 229 Å². The second kappa shape index (κ2) is 10.3. The maximum absolute atomic E-state index is 13.5. The molecule has 9 nitrogen and oxygen atoms in total. The molecule has 2 aliphatic rings. The standard InChI is InChI=1S/C29H32N4O5S/c1-28(2,3)38-27(35)33-18-20-11-12-29(33,15-20)26(34)32-24(17-31)13-19-5-7-21(8-6-19)22-9-10-23(16-30)25(14-22)39(4,36)37/h5-10,14,20,24H,11-13,15,18H2,1-4H3,(H,32,34)/t20-,24+,29+/m1/s1. The normalized spacial score (nSPS) is 21.1. The summed E-state index contributed by atoms with van der Waals surface area (Å²) in [5.74, 6) is -0.0933. The number of carbonyl (C=O) groups excluding carboxylic acids is 2. The minimum absolute atomic E-state index is 0.0281. The predicted molar refractivity (Wildman–Crippen MR) is 144 cm³/mol. The van der Waals surface area contributed by atoms with E-state index in [1.165, 1.54) is 17.0 Å². The third kappa shape index (κ3) is 5.91. The molecule has 39 heavy (non-hydrogen) atoms. The lowest BCUT2D eigenvalue weighted by Crippen LogP contribution is -2.59. The first-order valence-electron chi connectivity index (χ1n) is 12.8. The van der Waals surface area contributed by atoms with Crippen LogP contribution in [-0.4, -0.2) is 55.3 Å². The molecular formula is C29H32N4O5S. The van der Waals surface area contributed by atoms with E-state index in [9.17, 15) is 28.5 Å². The molecule has 3 atom stereocenters. The molecule has 1 heterocycles. The Morgan fingerprint density at radius 2 is 1.82 bits per heavy atom. The molecule has 2 fully saturated rings. The Kier molecular flexibility index (Phi) is 7.46. The SMILES string of the molecule is CC(C)(C)OC(=O)N1C[C@@H]2CC[C@@]1(C(=O)N[C@H](C#N)Cc1ccc(-c3ccc(C#N)c(S(C)(=O)=O)c3)cc1)C2. The van der Waals surface area contributed by atoms with Gasteiger partial charge in [-0.05, 0) is 74.8 Å². The van der Waals surface area contributed by atoms with Crippen LogP contribution in [0.4, 0.5) is 4.79 Å². The van der Waals surface area contributed by atoms with Crippen molar-refractivity contribution in [1.29, 1.82) is 10.5 Å². The highest BCUT2D eigenvalue weighted by Gasteiger charge is 2.58. The van der Waals surface area contributed by atoms with E-state index < -0.39 is 33.1 Å². The average Bonchev–Trinajstić information content (AvgIpc) is 3.47. The summed E-state index contributed by atoms with van der Waals surface area (Å²) in [7, 11) is -3.58. The van der Waals surface area contributed by atoms with E-state index in [1.807, 2.05) is 18.2 Å². The van der Waals surface area contributed by atoms with Gasteiger partial charge in [0.25, 0.3) is 0 Å². The summed E-state index contributed by atoms with van der Waals surface area (Å²) < 4.78 is 29.8. The van der Waals surface area contributed by atoms with Gasteiger partial charge in [0, 0.05) is 19.2 Å². The number of nitrogens with one attached hydrogen (secondary N) is 1. The largest absolute Gasteiger partial charge is 0.444 e. The zero-order chi connectivity index (χ0) is 28.6. The van der Waals surface area contributed by atoms with E-state index in [0.717, 1.165) is 23.8 Å². The number of sulfone groups is 1. The molecule has 2 amide bonds. The van der Waals surface area contributed by atoms with Crippen LogP contribution in [0, 0.1) is 28.6 Å². The van der Waals surface area contributed by atoms with Crippen molar-refractivity contribution in [1.82, 2.24) is 10.2 Å². The zero-order valence-corrected chi connectivity index (χ0v) is 23.3. The van der Waals surface area contributed by atoms with Crippen molar-refractivity contribution >= 4 is 21.8 Å². The molecule has 1 saturated carbocycles. The zero-order valence-electron chi connectivity index (χ0n) is 22.5. The van der Waals surface area contributed by atoms with E-state index in [1.54, 1.807) is 39.0 Å². The van der Waals surface area contributed by atoms with Crippen LogP contribution in [0.5, 0.6) is 0 Å². The van der Waals surface area contributed by atoms with E-state index in [-0.39, 0.29) is 28.7 Å². The van der Waals surface area contributed by atoms with Gasteiger partial charge in [0.1, 0.15) is 23.3 Å². The van der Waals surface area contributed by atoms with Crippen LogP contribution >= 0.6 is 0 Å². The van der Waals surface area contributed by atoms with Gasteiger partial charge in [-0.25, -0.2) is 13.2 Å². The summed E-state index contributed by atoms with van der Waals surface area (Å²) >= 11 is 0. The molecule has 2 bridgehead atoms. The van der Waals surface area contributed by atoms with Gasteiger partial charge in [0.15, 0.2) is 9.84 Å². The molecule has 1 aliphatic carbocycles. The van der Waals surface area contributed by atoms with Crippen LogP contribution < -0.4 is 5.32 Å². The number of nitrogens with zero attached hydrogens (tertiary/aromatic N) is 3. The molecule has 0 unspecified atom stereocenters. The summed E-state index contributed by atoms with van der Waals surface area (Å²) in [6.07, 6.45) is 2.76. The van der Waals surface area contributed by atoms with Crippen molar-refractivity contribution in [2.45, 2.75) is 68.5 Å². The Bertz CT molecular complexity index is 1480. The van der Waals surface area contributed by atoms with Gasteiger partial charge < -0.3 is 10.1 Å². The second-order valence-corrected chi connectivity index (χ2v) is 13.4. The van der Waals surface area contributed by atoms with E-state index in [2.05, 4.69) is 11.4 Å². The number of piperidine rings is 1. The number of hydrogen-bond acceptors (Lipinski definition) is 7. The first kappa shape index (κ1) is 28.1. The van der Waals surface area contributed by atoms with Gasteiger partial charge in [-0.1, -0.05) is 30.3 Å². The summed E-state index contributed by atoms with van der Waals surface area (Å²) in [4.78, 5) is 27.9. The fourth-order valence-corrected chi connectivity index (χ4v) is 6.30. The number of benzene rings is 2. The van der Waals surface area contributed by atoms with Gasteiger partial charge in [0.2, 0.25) is 5.91 Å². The van der Waals surface area contributed by atoms with Crippen molar-refractivity contribution < 1.29 is 22.7 Å². The van der Waals surface area contributed by atoms with Gasteiger partial charge >= 0.3 is 6.09 Å². The number of likely N-dealkylation sites (tertiary alicyclic amines) is 1. The highest BCUT2D eigenvalue weighted by atomic mass is 32.2. The third-order valence-corrected chi connectivity index (χ3v) is 8.41. The molecule has 204 valence electrons. The lowest BCUT2D eigenvalue weighted by molar-refractivity contribution is -0.132. The van der Waals surface area contributed by atoms with Crippen molar-refractivity contribution in [2.24, 2.45) is 5.92 Å². The summed E-state index contributed by atoms with van der Waals surface area (Å²) in [6, 6.07) is 15.2. The Morgan fingerprint density at radius 3 is 2.38 bits per heavy atom. The minimum atomic E-state index is -3.58. The smallest absolute Gasteiger partial charge is 0.411 e. The van der Waals surface area contributed by atoms with E-state index >= 15 is 0 Å². The summed E-state index contributed by atoms with van der Waals surface area (Å²) in [5, 5.41) is 21.9. The molecule has 0 spiro atoms. The second-order valence-electron chi connectivity index (χ2n) is 11.4. The molecule has 2 aromatic rings. The minimum Gasteiger partial charge on any atom is -0.444 e. The van der Waals surface area contributed by atoms with Crippen molar-refractivity contribution in [3.05, 3.63) is 53.6 Å². The summed E-state index contributed by atoms with van der Waals surface area (Å²) in [5.41, 5.74) is 0.608. The van der Waals surface area contributed by atoms with E-state index in [4.69, 9.17) is 4.74 Å². The monoisotopic (exact) mass is 548 g/mol. The maximum atomic E-state index is 13.5. The Hall–Kier alpha value is -3.89. The number of rotatable bonds is 6. The van der Waals surface area contributed by atoms with Crippen LogP contribution in [0.2, 0.25) is 0 Å². The lowest BCUT2D eigenvalue weighted by atomic mass is 9.94. The van der Waals surface area contributed by atoms with Gasteiger partial charge in [-0.15, -0.1) is 0 Å². The number of hydrogen-bond donors (Lipinski definition) is 1. The van der Waals surface area contributed by atoms with Gasteiger partial charge in [-0.3, -0.25) is 9.69 Å². The number of amides is 2.